The summed E-state index contributed by atoms with van der Waals surface area (Å²) in [4.78, 5) is 12.5. The number of carbonyl (C=O) groups excluding carboxylic acids is 1. The van der Waals surface area contributed by atoms with Crippen molar-refractivity contribution in [3.8, 4) is 0 Å². The van der Waals surface area contributed by atoms with Gasteiger partial charge in [0.1, 0.15) is 0 Å². The largest absolute Gasteiger partial charge is 0.394 e. The van der Waals surface area contributed by atoms with Gasteiger partial charge in [0.25, 0.3) is 0 Å². The zero-order valence-corrected chi connectivity index (χ0v) is 46.3. The lowest BCUT2D eigenvalue weighted by atomic mass is 10.0. The molecule has 1 amide bonds. The molecule has 0 aromatic rings. The van der Waals surface area contributed by atoms with E-state index in [1.807, 2.05) is 6.08 Å². The highest BCUT2D eigenvalue weighted by Crippen LogP contribution is 2.16. The maximum Gasteiger partial charge on any atom is 0.220 e. The SMILES string of the molecule is CC/C=C\C/C=C\C/C=C\C/C=C\C/C=C\C/C=C\C/C=C\CCCCCCCCCCCCCCCCCC(=O)NC(CO)C(O)/C=C/CC/C=C/CCCCCCCCCCCCCCCCC. The fourth-order valence-electron chi connectivity index (χ4n) is 8.71. The van der Waals surface area contributed by atoms with E-state index in [0.29, 0.717) is 6.42 Å². The number of carbonyl (C=O) groups is 1. The van der Waals surface area contributed by atoms with Crippen LogP contribution in [0, 0.1) is 0 Å². The van der Waals surface area contributed by atoms with Gasteiger partial charge in [-0.25, -0.2) is 0 Å². The Kier molecular flexibility index (Phi) is 57.8. The molecule has 4 nitrogen and oxygen atoms in total. The topological polar surface area (TPSA) is 69.6 Å². The van der Waals surface area contributed by atoms with Gasteiger partial charge >= 0.3 is 0 Å². The average molecular weight is 971 g/mol. The van der Waals surface area contributed by atoms with Crippen molar-refractivity contribution in [2.45, 2.75) is 296 Å². The molecule has 70 heavy (non-hydrogen) atoms. The van der Waals surface area contributed by atoms with Crippen molar-refractivity contribution in [1.29, 1.82) is 0 Å². The Hall–Kier alpha value is -2.95. The van der Waals surface area contributed by atoms with Crippen LogP contribution < -0.4 is 5.32 Å². The fraction of sp³-hybridized carbons (Fsp3) is 0.712. The molecule has 3 N–H and O–H groups in total. The van der Waals surface area contributed by atoms with Crippen molar-refractivity contribution in [2.75, 3.05) is 6.61 Å². The van der Waals surface area contributed by atoms with Crippen LogP contribution in [0.25, 0.3) is 0 Å². The lowest BCUT2D eigenvalue weighted by molar-refractivity contribution is -0.123. The molecule has 0 aliphatic carbocycles. The summed E-state index contributed by atoms with van der Waals surface area (Å²) in [5, 5.41) is 23.2. The first-order valence-corrected chi connectivity index (χ1v) is 30.1. The first kappa shape index (κ1) is 67.0. The van der Waals surface area contributed by atoms with Gasteiger partial charge in [-0.15, -0.1) is 0 Å². The van der Waals surface area contributed by atoms with Gasteiger partial charge in [0.2, 0.25) is 5.91 Å². The molecule has 0 aliphatic heterocycles. The molecule has 0 spiro atoms. The lowest BCUT2D eigenvalue weighted by Crippen LogP contribution is -2.45. The van der Waals surface area contributed by atoms with Crippen LogP contribution in [0.15, 0.2) is 109 Å². The maximum absolute atomic E-state index is 12.5. The molecule has 0 aliphatic rings. The van der Waals surface area contributed by atoms with Crippen LogP contribution in [0.4, 0.5) is 0 Å². The zero-order chi connectivity index (χ0) is 50.6. The van der Waals surface area contributed by atoms with Crippen LogP contribution in [0.3, 0.4) is 0 Å². The summed E-state index contributed by atoms with van der Waals surface area (Å²) in [5.41, 5.74) is 0. The van der Waals surface area contributed by atoms with Crippen LogP contribution in [0.5, 0.6) is 0 Å². The fourth-order valence-corrected chi connectivity index (χ4v) is 8.71. The predicted octanol–water partition coefficient (Wildman–Crippen LogP) is 20.3. The van der Waals surface area contributed by atoms with Crippen LogP contribution in [0.2, 0.25) is 0 Å². The van der Waals surface area contributed by atoms with E-state index in [-0.39, 0.29) is 12.5 Å². The van der Waals surface area contributed by atoms with E-state index in [2.05, 4.69) is 116 Å². The predicted molar refractivity (Wildman–Crippen MR) is 313 cm³/mol. The first-order chi connectivity index (χ1) is 34.7. The minimum absolute atomic E-state index is 0.0752. The number of nitrogens with one attached hydrogen (secondary N) is 1. The van der Waals surface area contributed by atoms with E-state index in [4.69, 9.17) is 0 Å². The first-order valence-electron chi connectivity index (χ1n) is 30.1. The number of allylic oxidation sites excluding steroid dienone is 17. The number of unbranched alkanes of at least 4 members (excludes halogenated alkanes) is 31. The number of aliphatic hydroxyl groups is 2. The second kappa shape index (κ2) is 60.4. The second-order valence-electron chi connectivity index (χ2n) is 20.0. The normalized spacial score (nSPS) is 13.6. The summed E-state index contributed by atoms with van der Waals surface area (Å²) in [6.45, 7) is 4.20. The summed E-state index contributed by atoms with van der Waals surface area (Å²) in [5.74, 6) is -0.0752. The molecule has 0 saturated carbocycles. The number of hydrogen-bond acceptors (Lipinski definition) is 3. The van der Waals surface area contributed by atoms with E-state index in [9.17, 15) is 15.0 Å². The highest BCUT2D eigenvalue weighted by atomic mass is 16.3. The van der Waals surface area contributed by atoms with Crippen LogP contribution >= 0.6 is 0 Å². The molecule has 0 aromatic carbocycles. The monoisotopic (exact) mass is 970 g/mol. The Bertz CT molecular complexity index is 1330. The average Bonchev–Trinajstić information content (AvgIpc) is 3.36. The van der Waals surface area contributed by atoms with Gasteiger partial charge in [-0.1, -0.05) is 297 Å². The van der Waals surface area contributed by atoms with Gasteiger partial charge in [-0.2, -0.15) is 0 Å². The lowest BCUT2D eigenvalue weighted by Gasteiger charge is -2.19. The van der Waals surface area contributed by atoms with E-state index in [0.717, 1.165) is 77.0 Å². The van der Waals surface area contributed by atoms with Crippen molar-refractivity contribution in [2.24, 2.45) is 0 Å². The third kappa shape index (κ3) is 56.0. The quantitative estimate of drug-likeness (QED) is 0.0420. The molecule has 2 unspecified atom stereocenters. The van der Waals surface area contributed by atoms with Crippen molar-refractivity contribution >= 4 is 5.91 Å². The van der Waals surface area contributed by atoms with Crippen molar-refractivity contribution in [3.05, 3.63) is 109 Å². The molecular formula is C66H115NO3. The summed E-state index contributed by atoms with van der Waals surface area (Å²) in [6.07, 6.45) is 91.2. The molecule has 0 bridgehead atoms. The summed E-state index contributed by atoms with van der Waals surface area (Å²) in [6, 6.07) is -0.645. The molecule has 2 atom stereocenters. The van der Waals surface area contributed by atoms with Gasteiger partial charge < -0.3 is 15.5 Å². The summed E-state index contributed by atoms with van der Waals surface area (Å²) in [7, 11) is 0. The van der Waals surface area contributed by atoms with Crippen molar-refractivity contribution in [3.63, 3.8) is 0 Å². The van der Waals surface area contributed by atoms with Crippen LogP contribution in [0.1, 0.15) is 284 Å². The van der Waals surface area contributed by atoms with Crippen molar-refractivity contribution in [1.82, 2.24) is 5.32 Å². The molecule has 0 aromatic heterocycles. The van der Waals surface area contributed by atoms with E-state index in [1.54, 1.807) is 6.08 Å². The van der Waals surface area contributed by atoms with Gasteiger partial charge in [-0.05, 0) is 89.9 Å². The van der Waals surface area contributed by atoms with Crippen molar-refractivity contribution < 1.29 is 15.0 Å². The number of rotatable bonds is 54. The van der Waals surface area contributed by atoms with Gasteiger partial charge in [0.15, 0.2) is 0 Å². The molecule has 0 radical (unpaired) electrons. The minimum atomic E-state index is -0.868. The Morgan fingerprint density at radius 3 is 1.00 bits per heavy atom. The molecule has 4 heteroatoms. The smallest absolute Gasteiger partial charge is 0.220 e. The van der Waals surface area contributed by atoms with E-state index < -0.39 is 12.1 Å². The molecule has 0 fully saturated rings. The zero-order valence-electron chi connectivity index (χ0n) is 46.3. The highest BCUT2D eigenvalue weighted by molar-refractivity contribution is 5.76. The molecule has 0 heterocycles. The Morgan fingerprint density at radius 2 is 0.643 bits per heavy atom. The van der Waals surface area contributed by atoms with Gasteiger partial charge in [0.05, 0.1) is 18.8 Å². The number of amides is 1. The standard InChI is InChI=1S/C66H115NO3/c1-3-5-7-9-11-13-15-17-19-21-23-25-26-27-28-29-30-31-32-33-34-35-36-37-38-39-40-42-44-46-48-50-52-54-56-58-60-62-66(70)67-64(63-68)65(69)61-59-57-55-53-51-49-47-45-43-41-24-22-20-18-16-14-12-10-8-6-4-2/h5,7,11,13,17,19,23,25,27-28,30-31,33-34,51,53,59,61,64-65,68-69H,3-4,6,8-10,12,14-16,18,20-22,24,26,29,32,35-50,52,54-58,60,62-63H2,1-2H3,(H,67,70)/b7-5-,13-11-,19-17-,25-23-,28-27-,31-30-,34-33-,53-51+,61-59+. The third-order valence-electron chi connectivity index (χ3n) is 13.2. The Morgan fingerprint density at radius 1 is 0.357 bits per heavy atom. The summed E-state index contributed by atoms with van der Waals surface area (Å²) < 4.78 is 0. The summed E-state index contributed by atoms with van der Waals surface area (Å²) >= 11 is 0. The number of aliphatic hydroxyl groups excluding tert-OH is 2. The van der Waals surface area contributed by atoms with Crippen LogP contribution in [-0.2, 0) is 4.79 Å². The third-order valence-corrected chi connectivity index (χ3v) is 13.2. The molecule has 402 valence electrons. The number of hydrogen-bond donors (Lipinski definition) is 3. The Labute approximate surface area is 436 Å². The maximum atomic E-state index is 12.5. The Balaban J connectivity index is 3.55. The van der Waals surface area contributed by atoms with Gasteiger partial charge in [-0.3, -0.25) is 4.79 Å². The van der Waals surface area contributed by atoms with E-state index in [1.165, 1.54) is 186 Å². The minimum Gasteiger partial charge on any atom is -0.394 e. The molecule has 0 rings (SSSR count). The van der Waals surface area contributed by atoms with E-state index >= 15 is 0 Å². The molecule has 0 saturated heterocycles. The van der Waals surface area contributed by atoms with Crippen LogP contribution in [-0.4, -0.2) is 34.9 Å². The second-order valence-corrected chi connectivity index (χ2v) is 20.0. The molecular weight excluding hydrogens is 855 g/mol. The highest BCUT2D eigenvalue weighted by Gasteiger charge is 2.18. The van der Waals surface area contributed by atoms with Gasteiger partial charge in [0, 0.05) is 6.42 Å².